The van der Waals surface area contributed by atoms with Crippen LogP contribution in [0.2, 0.25) is 0 Å². The fourth-order valence-electron chi connectivity index (χ4n) is 2.98. The Kier molecular flexibility index (Phi) is 5.58. The van der Waals surface area contributed by atoms with Gasteiger partial charge in [0.25, 0.3) is 0 Å². The third kappa shape index (κ3) is 4.33. The molecule has 2 rings (SSSR count). The van der Waals surface area contributed by atoms with Crippen LogP contribution in [0.25, 0.3) is 0 Å². The standard InChI is InChI=1S/C18H26N2O2/c1-12-7-4-5-10-17(12)20-18(22)13(2)19-16-9-6-8-15(11-16)14(3)21/h6,8-9,11-13,17,19H,4-5,7,10H2,1-3H3,(H,20,22)/t12-,13-,17-/m1/s1. The van der Waals surface area contributed by atoms with E-state index in [1.807, 2.05) is 19.1 Å². The highest BCUT2D eigenvalue weighted by atomic mass is 16.2. The second kappa shape index (κ2) is 7.43. The van der Waals surface area contributed by atoms with E-state index in [0.717, 1.165) is 12.1 Å². The number of anilines is 1. The second-order valence-electron chi connectivity index (χ2n) is 6.38. The lowest BCUT2D eigenvalue weighted by Gasteiger charge is -2.30. The molecule has 22 heavy (non-hydrogen) atoms. The molecule has 0 spiro atoms. The summed E-state index contributed by atoms with van der Waals surface area (Å²) in [5, 5.41) is 6.33. The first-order valence-electron chi connectivity index (χ1n) is 8.15. The molecule has 1 aromatic rings. The second-order valence-corrected chi connectivity index (χ2v) is 6.38. The van der Waals surface area contributed by atoms with Gasteiger partial charge in [0, 0.05) is 17.3 Å². The molecule has 1 aromatic carbocycles. The quantitative estimate of drug-likeness (QED) is 0.820. The molecule has 1 fully saturated rings. The van der Waals surface area contributed by atoms with E-state index in [2.05, 4.69) is 17.6 Å². The maximum absolute atomic E-state index is 12.3. The molecular formula is C18H26N2O2. The molecule has 2 N–H and O–H groups in total. The lowest BCUT2D eigenvalue weighted by Crippen LogP contribution is -2.46. The van der Waals surface area contributed by atoms with Gasteiger partial charge < -0.3 is 10.6 Å². The van der Waals surface area contributed by atoms with Crippen LogP contribution in [-0.2, 0) is 4.79 Å². The monoisotopic (exact) mass is 302 g/mol. The van der Waals surface area contributed by atoms with E-state index in [4.69, 9.17) is 0 Å². The van der Waals surface area contributed by atoms with E-state index < -0.39 is 0 Å². The smallest absolute Gasteiger partial charge is 0.242 e. The van der Waals surface area contributed by atoms with Crippen molar-refractivity contribution in [3.8, 4) is 0 Å². The van der Waals surface area contributed by atoms with Crippen molar-refractivity contribution >= 4 is 17.4 Å². The minimum absolute atomic E-state index is 0.0204. The molecule has 120 valence electrons. The van der Waals surface area contributed by atoms with Crippen molar-refractivity contribution in [2.24, 2.45) is 5.92 Å². The number of carbonyl (C=O) groups excluding carboxylic acids is 2. The number of carbonyl (C=O) groups is 2. The Bertz CT molecular complexity index is 542. The molecule has 3 atom stereocenters. The number of amides is 1. The molecular weight excluding hydrogens is 276 g/mol. The van der Waals surface area contributed by atoms with Gasteiger partial charge >= 0.3 is 0 Å². The number of hydrogen-bond acceptors (Lipinski definition) is 3. The summed E-state index contributed by atoms with van der Waals surface area (Å²) in [6.07, 6.45) is 4.71. The highest BCUT2D eigenvalue weighted by Crippen LogP contribution is 2.23. The number of hydrogen-bond donors (Lipinski definition) is 2. The van der Waals surface area contributed by atoms with Gasteiger partial charge in [0.2, 0.25) is 5.91 Å². The predicted molar refractivity (Wildman–Crippen MR) is 89.1 cm³/mol. The fourth-order valence-corrected chi connectivity index (χ4v) is 2.98. The van der Waals surface area contributed by atoms with Crippen LogP contribution in [0.15, 0.2) is 24.3 Å². The first-order chi connectivity index (χ1) is 10.5. The van der Waals surface area contributed by atoms with Crippen LogP contribution in [0.5, 0.6) is 0 Å². The van der Waals surface area contributed by atoms with Gasteiger partial charge in [0.15, 0.2) is 5.78 Å². The number of nitrogens with one attached hydrogen (secondary N) is 2. The molecule has 4 nitrogen and oxygen atoms in total. The Labute approximate surface area is 132 Å². The summed E-state index contributed by atoms with van der Waals surface area (Å²) >= 11 is 0. The van der Waals surface area contributed by atoms with Crippen LogP contribution in [-0.4, -0.2) is 23.8 Å². The average molecular weight is 302 g/mol. The molecule has 0 aliphatic heterocycles. The number of Topliss-reactive ketones (excluding diaryl/α,β-unsaturated/α-hetero) is 1. The van der Waals surface area contributed by atoms with Crippen LogP contribution >= 0.6 is 0 Å². The Hall–Kier alpha value is -1.84. The summed E-state index contributed by atoms with van der Waals surface area (Å²) < 4.78 is 0. The normalized spacial score (nSPS) is 22.7. The van der Waals surface area contributed by atoms with Crippen LogP contribution < -0.4 is 10.6 Å². The van der Waals surface area contributed by atoms with E-state index in [0.29, 0.717) is 11.5 Å². The van der Waals surface area contributed by atoms with Crippen molar-refractivity contribution in [3.63, 3.8) is 0 Å². The van der Waals surface area contributed by atoms with Gasteiger partial charge in [-0.25, -0.2) is 0 Å². The zero-order valence-corrected chi connectivity index (χ0v) is 13.7. The SMILES string of the molecule is CC(=O)c1cccc(N[C@H](C)C(=O)N[C@@H]2CCCC[C@H]2C)c1. The Morgan fingerprint density at radius 2 is 1.95 bits per heavy atom. The van der Waals surface area contributed by atoms with E-state index in [9.17, 15) is 9.59 Å². The van der Waals surface area contributed by atoms with Crippen molar-refractivity contribution < 1.29 is 9.59 Å². The van der Waals surface area contributed by atoms with Crippen molar-refractivity contribution in [2.75, 3.05) is 5.32 Å². The van der Waals surface area contributed by atoms with Gasteiger partial charge in [-0.05, 0) is 44.7 Å². The zero-order chi connectivity index (χ0) is 16.1. The lowest BCUT2D eigenvalue weighted by atomic mass is 9.86. The molecule has 0 bridgehead atoms. The van der Waals surface area contributed by atoms with Crippen molar-refractivity contribution in [1.82, 2.24) is 5.32 Å². The summed E-state index contributed by atoms with van der Waals surface area (Å²) in [6.45, 7) is 5.60. The van der Waals surface area contributed by atoms with Crippen LogP contribution in [0.1, 0.15) is 56.8 Å². The number of benzene rings is 1. The third-order valence-corrected chi connectivity index (χ3v) is 4.48. The topological polar surface area (TPSA) is 58.2 Å². The van der Waals surface area contributed by atoms with Crippen LogP contribution in [0, 0.1) is 5.92 Å². The van der Waals surface area contributed by atoms with Gasteiger partial charge in [-0.15, -0.1) is 0 Å². The van der Waals surface area contributed by atoms with E-state index in [1.165, 1.54) is 19.3 Å². The highest BCUT2D eigenvalue weighted by Gasteiger charge is 2.24. The van der Waals surface area contributed by atoms with Crippen molar-refractivity contribution in [3.05, 3.63) is 29.8 Å². The minimum atomic E-state index is -0.323. The summed E-state index contributed by atoms with van der Waals surface area (Å²) in [5.74, 6) is 0.592. The largest absolute Gasteiger partial charge is 0.374 e. The first-order valence-corrected chi connectivity index (χ1v) is 8.15. The van der Waals surface area contributed by atoms with E-state index in [1.54, 1.807) is 19.1 Å². The lowest BCUT2D eigenvalue weighted by molar-refractivity contribution is -0.122. The van der Waals surface area contributed by atoms with Gasteiger partial charge in [-0.3, -0.25) is 9.59 Å². The molecule has 1 aliphatic rings. The van der Waals surface area contributed by atoms with E-state index >= 15 is 0 Å². The van der Waals surface area contributed by atoms with Crippen LogP contribution in [0.4, 0.5) is 5.69 Å². The molecule has 1 aliphatic carbocycles. The molecule has 1 saturated carbocycles. The summed E-state index contributed by atoms with van der Waals surface area (Å²) in [4.78, 5) is 23.7. The number of ketones is 1. The Morgan fingerprint density at radius 1 is 1.23 bits per heavy atom. The molecule has 1 amide bonds. The average Bonchev–Trinajstić information content (AvgIpc) is 2.49. The zero-order valence-electron chi connectivity index (χ0n) is 13.7. The molecule has 0 heterocycles. The Balaban J connectivity index is 1.93. The van der Waals surface area contributed by atoms with Crippen molar-refractivity contribution in [1.29, 1.82) is 0 Å². The van der Waals surface area contributed by atoms with Gasteiger partial charge in [0.05, 0.1) is 0 Å². The predicted octanol–water partition coefficient (Wildman–Crippen LogP) is 3.38. The third-order valence-electron chi connectivity index (χ3n) is 4.48. The first kappa shape index (κ1) is 16.5. The van der Waals surface area contributed by atoms with Gasteiger partial charge in [0.1, 0.15) is 6.04 Å². The van der Waals surface area contributed by atoms with Gasteiger partial charge in [-0.1, -0.05) is 31.9 Å². The number of rotatable bonds is 5. The Morgan fingerprint density at radius 3 is 2.64 bits per heavy atom. The van der Waals surface area contributed by atoms with Gasteiger partial charge in [-0.2, -0.15) is 0 Å². The summed E-state index contributed by atoms with van der Waals surface area (Å²) in [7, 11) is 0. The fraction of sp³-hybridized carbons (Fsp3) is 0.556. The molecule has 4 heteroatoms. The highest BCUT2D eigenvalue weighted by molar-refractivity contribution is 5.95. The summed E-state index contributed by atoms with van der Waals surface area (Å²) in [6, 6.07) is 7.23. The van der Waals surface area contributed by atoms with Crippen LogP contribution in [0.3, 0.4) is 0 Å². The molecule has 0 unspecified atom stereocenters. The van der Waals surface area contributed by atoms with Crippen molar-refractivity contribution in [2.45, 2.75) is 58.5 Å². The minimum Gasteiger partial charge on any atom is -0.374 e. The summed E-state index contributed by atoms with van der Waals surface area (Å²) in [5.41, 5.74) is 1.45. The molecule has 0 aromatic heterocycles. The maximum atomic E-state index is 12.3. The maximum Gasteiger partial charge on any atom is 0.242 e. The van der Waals surface area contributed by atoms with E-state index in [-0.39, 0.29) is 23.8 Å². The molecule has 0 saturated heterocycles. The molecule has 0 radical (unpaired) electrons.